The molecule has 6 nitrogen and oxygen atoms in total. The smallest absolute Gasteiger partial charge is 0.260 e. The number of thiazole rings is 1. The van der Waals surface area contributed by atoms with Crippen LogP contribution in [0, 0.1) is 0 Å². The highest BCUT2D eigenvalue weighted by Crippen LogP contribution is 2.25. The molecular formula is C21H24N3O3S+. The fourth-order valence-electron chi connectivity index (χ4n) is 3.43. The molecule has 0 unspecified atom stereocenters. The standard InChI is InChI=1S/C21H23N3O3S/c1-26-17-7-3-4-8-18(17)27-15-21(25)24-12-10-23(11-13-24)14-20-22-16-6-2-5-9-19(16)28-20/h2-9H,10-15H2,1H3/p+1. The lowest BCUT2D eigenvalue weighted by Crippen LogP contribution is -3.13. The Hall–Kier alpha value is -2.64. The number of carbonyl (C=O) groups is 1. The predicted octanol–water partition coefficient (Wildman–Crippen LogP) is 1.61. The van der Waals surface area contributed by atoms with E-state index in [1.54, 1.807) is 18.4 Å². The van der Waals surface area contributed by atoms with Crippen LogP contribution in [0.2, 0.25) is 0 Å². The highest BCUT2D eigenvalue weighted by molar-refractivity contribution is 7.18. The van der Waals surface area contributed by atoms with Gasteiger partial charge in [-0.25, -0.2) is 4.98 Å². The van der Waals surface area contributed by atoms with Crippen molar-refractivity contribution in [1.29, 1.82) is 0 Å². The van der Waals surface area contributed by atoms with Gasteiger partial charge in [0.2, 0.25) is 0 Å². The summed E-state index contributed by atoms with van der Waals surface area (Å²) in [7, 11) is 1.59. The Kier molecular flexibility index (Phi) is 5.73. The second kappa shape index (κ2) is 8.58. The maximum Gasteiger partial charge on any atom is 0.260 e. The van der Waals surface area contributed by atoms with Crippen LogP contribution in [0.4, 0.5) is 0 Å². The Morgan fingerprint density at radius 3 is 2.57 bits per heavy atom. The number of nitrogens with zero attached hydrogens (tertiary/aromatic N) is 2. The summed E-state index contributed by atoms with van der Waals surface area (Å²) in [5, 5.41) is 1.16. The number of benzene rings is 2. The van der Waals surface area contributed by atoms with Gasteiger partial charge in [-0.1, -0.05) is 24.3 Å². The van der Waals surface area contributed by atoms with E-state index in [-0.39, 0.29) is 12.5 Å². The SMILES string of the molecule is COc1ccccc1OCC(=O)N1CC[NH+](Cc2nc3ccccc3s2)CC1. The number of nitrogens with one attached hydrogen (secondary N) is 1. The van der Waals surface area contributed by atoms with Crippen molar-refractivity contribution in [2.75, 3.05) is 39.9 Å². The van der Waals surface area contributed by atoms with Crippen molar-refractivity contribution in [3.8, 4) is 11.5 Å². The molecule has 146 valence electrons. The molecule has 0 radical (unpaired) electrons. The lowest BCUT2D eigenvalue weighted by atomic mass is 10.3. The highest BCUT2D eigenvalue weighted by atomic mass is 32.1. The first-order valence-electron chi connectivity index (χ1n) is 9.44. The minimum atomic E-state index is 0.0185. The van der Waals surface area contributed by atoms with Gasteiger partial charge in [-0.2, -0.15) is 0 Å². The molecule has 1 aromatic heterocycles. The molecule has 0 bridgehead atoms. The zero-order valence-electron chi connectivity index (χ0n) is 15.9. The minimum Gasteiger partial charge on any atom is -0.493 e. The quantitative estimate of drug-likeness (QED) is 0.686. The number of methoxy groups -OCH3 is 1. The third-order valence-electron chi connectivity index (χ3n) is 4.98. The summed E-state index contributed by atoms with van der Waals surface area (Å²) in [4.78, 5) is 20.6. The number of amides is 1. The van der Waals surface area contributed by atoms with Crippen molar-refractivity contribution >= 4 is 27.5 Å². The van der Waals surface area contributed by atoms with Crippen LogP contribution in [0.1, 0.15) is 5.01 Å². The first-order valence-corrected chi connectivity index (χ1v) is 10.3. The van der Waals surface area contributed by atoms with Crippen LogP contribution in [0.5, 0.6) is 11.5 Å². The molecule has 1 aliphatic heterocycles. The predicted molar refractivity (Wildman–Crippen MR) is 109 cm³/mol. The second-order valence-corrected chi connectivity index (χ2v) is 7.94. The molecule has 0 aliphatic carbocycles. The van der Waals surface area contributed by atoms with Crippen molar-refractivity contribution in [3.05, 3.63) is 53.5 Å². The van der Waals surface area contributed by atoms with E-state index in [1.807, 2.05) is 35.2 Å². The van der Waals surface area contributed by atoms with Crippen LogP contribution in [0.3, 0.4) is 0 Å². The van der Waals surface area contributed by atoms with E-state index in [0.717, 1.165) is 43.2 Å². The number of rotatable bonds is 6. The molecule has 1 fully saturated rings. The fraction of sp³-hybridized carbons (Fsp3) is 0.333. The zero-order valence-corrected chi connectivity index (χ0v) is 16.7. The van der Waals surface area contributed by atoms with Gasteiger partial charge in [0.05, 0.1) is 43.5 Å². The van der Waals surface area contributed by atoms with Crippen molar-refractivity contribution < 1.29 is 19.2 Å². The number of para-hydroxylation sites is 3. The average Bonchev–Trinajstić information content (AvgIpc) is 3.15. The Balaban J connectivity index is 1.27. The first-order chi connectivity index (χ1) is 13.7. The van der Waals surface area contributed by atoms with E-state index in [4.69, 9.17) is 14.5 Å². The van der Waals surface area contributed by atoms with Gasteiger partial charge in [-0.05, 0) is 24.3 Å². The zero-order chi connectivity index (χ0) is 19.3. The number of carbonyl (C=O) groups excluding carboxylic acids is 1. The molecule has 7 heteroatoms. The number of aromatic nitrogens is 1. The third kappa shape index (κ3) is 4.26. The maximum absolute atomic E-state index is 12.5. The summed E-state index contributed by atoms with van der Waals surface area (Å²) in [5.41, 5.74) is 1.07. The molecule has 1 amide bonds. The minimum absolute atomic E-state index is 0.0185. The summed E-state index contributed by atoms with van der Waals surface area (Å²) < 4.78 is 12.2. The number of quaternary nitrogens is 1. The molecule has 28 heavy (non-hydrogen) atoms. The molecule has 0 spiro atoms. The van der Waals surface area contributed by atoms with Crippen LogP contribution in [-0.2, 0) is 11.3 Å². The Bertz CT molecular complexity index is 918. The Morgan fingerprint density at radius 1 is 1.11 bits per heavy atom. The van der Waals surface area contributed by atoms with Gasteiger partial charge >= 0.3 is 0 Å². The van der Waals surface area contributed by atoms with Crippen LogP contribution in [-0.4, -0.2) is 55.7 Å². The highest BCUT2D eigenvalue weighted by Gasteiger charge is 2.25. The van der Waals surface area contributed by atoms with E-state index in [0.29, 0.717) is 11.5 Å². The molecular weight excluding hydrogens is 374 g/mol. The molecule has 1 saturated heterocycles. The number of fused-ring (bicyclic) bond motifs is 1. The maximum atomic E-state index is 12.5. The summed E-state index contributed by atoms with van der Waals surface area (Å²) in [6.07, 6.45) is 0. The van der Waals surface area contributed by atoms with E-state index in [2.05, 4.69) is 18.2 Å². The largest absolute Gasteiger partial charge is 0.493 e. The third-order valence-corrected chi connectivity index (χ3v) is 6.02. The summed E-state index contributed by atoms with van der Waals surface area (Å²) in [6, 6.07) is 15.6. The van der Waals surface area contributed by atoms with Gasteiger partial charge in [0.1, 0.15) is 11.6 Å². The van der Waals surface area contributed by atoms with Crippen molar-refractivity contribution in [2.24, 2.45) is 0 Å². The van der Waals surface area contributed by atoms with Gasteiger partial charge < -0.3 is 19.3 Å². The average molecular weight is 399 g/mol. The lowest BCUT2D eigenvalue weighted by Gasteiger charge is -2.31. The monoisotopic (exact) mass is 398 g/mol. The van der Waals surface area contributed by atoms with E-state index in [9.17, 15) is 4.79 Å². The molecule has 2 heterocycles. The summed E-state index contributed by atoms with van der Waals surface area (Å²) >= 11 is 1.76. The Labute approximate surface area is 168 Å². The topological polar surface area (TPSA) is 56.1 Å². The van der Waals surface area contributed by atoms with Crippen LogP contribution in [0.15, 0.2) is 48.5 Å². The summed E-state index contributed by atoms with van der Waals surface area (Å²) in [5.74, 6) is 1.25. The van der Waals surface area contributed by atoms with Gasteiger partial charge in [0, 0.05) is 0 Å². The number of piperazine rings is 1. The van der Waals surface area contributed by atoms with E-state index >= 15 is 0 Å². The molecule has 0 atom stereocenters. The van der Waals surface area contributed by atoms with Gasteiger partial charge in [0.15, 0.2) is 18.1 Å². The molecule has 1 aliphatic rings. The lowest BCUT2D eigenvalue weighted by molar-refractivity contribution is -0.917. The summed E-state index contributed by atoms with van der Waals surface area (Å²) in [6.45, 7) is 4.29. The fourth-order valence-corrected chi connectivity index (χ4v) is 4.47. The number of ether oxygens (including phenoxy) is 2. The van der Waals surface area contributed by atoms with Crippen LogP contribution >= 0.6 is 11.3 Å². The van der Waals surface area contributed by atoms with Crippen LogP contribution < -0.4 is 14.4 Å². The number of hydrogen-bond donors (Lipinski definition) is 1. The van der Waals surface area contributed by atoms with Crippen molar-refractivity contribution in [3.63, 3.8) is 0 Å². The molecule has 1 N–H and O–H groups in total. The first kappa shape index (κ1) is 18.7. The van der Waals surface area contributed by atoms with Gasteiger partial charge in [-0.3, -0.25) is 4.79 Å². The van der Waals surface area contributed by atoms with Gasteiger partial charge in [0.25, 0.3) is 5.91 Å². The van der Waals surface area contributed by atoms with Crippen molar-refractivity contribution in [2.45, 2.75) is 6.54 Å². The van der Waals surface area contributed by atoms with E-state index < -0.39 is 0 Å². The normalized spacial score (nSPS) is 15.0. The Morgan fingerprint density at radius 2 is 1.82 bits per heavy atom. The second-order valence-electron chi connectivity index (χ2n) is 6.82. The number of hydrogen-bond acceptors (Lipinski definition) is 5. The van der Waals surface area contributed by atoms with E-state index in [1.165, 1.54) is 9.60 Å². The molecule has 2 aromatic carbocycles. The van der Waals surface area contributed by atoms with Crippen LogP contribution in [0.25, 0.3) is 10.2 Å². The molecule has 0 saturated carbocycles. The molecule has 3 aromatic rings. The van der Waals surface area contributed by atoms with Crippen molar-refractivity contribution in [1.82, 2.24) is 9.88 Å². The molecule has 4 rings (SSSR count). The van der Waals surface area contributed by atoms with Gasteiger partial charge in [-0.15, -0.1) is 11.3 Å².